The summed E-state index contributed by atoms with van der Waals surface area (Å²) in [6.45, 7) is 3.08. The molecule has 4 aliphatic carbocycles. The summed E-state index contributed by atoms with van der Waals surface area (Å²) in [6.07, 6.45) is 3.45. The van der Waals surface area contributed by atoms with Crippen LogP contribution in [0.15, 0.2) is 23.8 Å². The Hall–Kier alpha value is -1.63. The number of esters is 1. The maximum Gasteiger partial charge on any atom is 0.310 e. The Morgan fingerprint density at radius 1 is 1.27 bits per heavy atom. The highest BCUT2D eigenvalue weighted by molar-refractivity contribution is 6.01. The zero-order chi connectivity index (χ0) is 21.9. The minimum absolute atomic E-state index is 0.101. The van der Waals surface area contributed by atoms with E-state index in [9.17, 15) is 9.59 Å². The molecule has 4 rings (SSSR count). The Morgan fingerprint density at radius 3 is 2.70 bits per heavy atom. The molecule has 0 aromatic heterocycles. The second kappa shape index (κ2) is 6.94. The molecule has 7 heteroatoms. The van der Waals surface area contributed by atoms with Crippen molar-refractivity contribution in [3.05, 3.63) is 23.8 Å². The standard InChI is InChI=1S/C23H29F3O4/c1-20-7-3-4-15(20)16-13-22(25,19(24)30-18(29)6-11-27)17-12-14(28)5-8-21(17,2)23(16,26)10-9-20/h5,8,12,15-16,19,27H,3-4,6-7,9-11,13H2,1-2H3/t15-,16-,19?,20-,21-,22+,23+/m0/s1. The molecule has 0 bridgehead atoms. The average molecular weight is 426 g/mol. The highest BCUT2D eigenvalue weighted by Crippen LogP contribution is 2.70. The van der Waals surface area contributed by atoms with Crippen molar-refractivity contribution in [1.82, 2.24) is 0 Å². The van der Waals surface area contributed by atoms with E-state index >= 15 is 13.2 Å². The molecule has 7 atom stereocenters. The SMILES string of the molecule is C[C@@]12CCC[C@H]1[C@@H]1C[C@](F)(C(F)OC(=O)CCO)C3=CC(=O)C=C[C@]3(C)[C@@]1(F)CC2. The minimum Gasteiger partial charge on any atom is -0.427 e. The minimum atomic E-state index is -2.80. The van der Waals surface area contributed by atoms with Gasteiger partial charge in [0.05, 0.1) is 13.0 Å². The molecule has 1 unspecified atom stereocenters. The molecule has 0 amide bonds. The summed E-state index contributed by atoms with van der Waals surface area (Å²) in [5.41, 5.74) is -6.52. The van der Waals surface area contributed by atoms with Gasteiger partial charge in [-0.2, -0.15) is 4.39 Å². The topological polar surface area (TPSA) is 63.6 Å². The summed E-state index contributed by atoms with van der Waals surface area (Å²) >= 11 is 0. The molecule has 4 aliphatic rings. The molecule has 0 radical (unpaired) electrons. The van der Waals surface area contributed by atoms with E-state index in [0.29, 0.717) is 6.42 Å². The van der Waals surface area contributed by atoms with Crippen LogP contribution in [0.1, 0.15) is 58.8 Å². The highest BCUT2D eigenvalue weighted by Gasteiger charge is 2.72. The maximum atomic E-state index is 16.8. The van der Waals surface area contributed by atoms with E-state index in [1.165, 1.54) is 19.1 Å². The third-order valence-corrected chi connectivity index (χ3v) is 8.46. The molecule has 3 fully saturated rings. The molecule has 0 spiro atoms. The number of carbonyl (C=O) groups is 2. The number of halogens is 3. The smallest absolute Gasteiger partial charge is 0.310 e. The molecule has 166 valence electrons. The summed E-state index contributed by atoms with van der Waals surface area (Å²) in [7, 11) is 0. The first-order chi connectivity index (χ1) is 14.0. The lowest BCUT2D eigenvalue weighted by Gasteiger charge is -2.62. The van der Waals surface area contributed by atoms with Crippen molar-refractivity contribution in [2.75, 3.05) is 6.61 Å². The third kappa shape index (κ3) is 2.84. The second-order valence-corrected chi connectivity index (χ2v) is 9.96. The van der Waals surface area contributed by atoms with Crippen molar-refractivity contribution in [1.29, 1.82) is 0 Å². The number of alkyl halides is 3. The van der Waals surface area contributed by atoms with Gasteiger partial charge in [0, 0.05) is 11.3 Å². The van der Waals surface area contributed by atoms with E-state index < -0.39 is 60.2 Å². The van der Waals surface area contributed by atoms with E-state index in [4.69, 9.17) is 5.11 Å². The number of ketones is 1. The number of rotatable bonds is 4. The molecule has 0 aliphatic heterocycles. The van der Waals surface area contributed by atoms with Crippen LogP contribution in [0.2, 0.25) is 0 Å². The Kier molecular flexibility index (Phi) is 5.00. The Morgan fingerprint density at radius 2 is 2.00 bits per heavy atom. The van der Waals surface area contributed by atoms with Crippen LogP contribution >= 0.6 is 0 Å². The van der Waals surface area contributed by atoms with Crippen LogP contribution in [-0.2, 0) is 14.3 Å². The molecular weight excluding hydrogens is 397 g/mol. The summed E-state index contributed by atoms with van der Waals surface area (Å²) in [6, 6.07) is 0. The van der Waals surface area contributed by atoms with Crippen molar-refractivity contribution >= 4 is 11.8 Å². The van der Waals surface area contributed by atoms with Crippen LogP contribution in [0.3, 0.4) is 0 Å². The summed E-state index contributed by atoms with van der Waals surface area (Å²) in [5, 5.41) is 8.87. The van der Waals surface area contributed by atoms with Gasteiger partial charge in [0.1, 0.15) is 5.67 Å². The highest BCUT2D eigenvalue weighted by atomic mass is 19.2. The van der Waals surface area contributed by atoms with E-state index in [2.05, 4.69) is 11.7 Å². The maximum absolute atomic E-state index is 16.8. The van der Waals surface area contributed by atoms with Crippen molar-refractivity contribution < 1.29 is 32.6 Å². The van der Waals surface area contributed by atoms with Crippen LogP contribution < -0.4 is 0 Å². The van der Waals surface area contributed by atoms with Crippen LogP contribution in [0.25, 0.3) is 0 Å². The molecular formula is C23H29F3O4. The van der Waals surface area contributed by atoms with Gasteiger partial charge in [-0.15, -0.1) is 0 Å². The van der Waals surface area contributed by atoms with Gasteiger partial charge in [-0.05, 0) is 68.1 Å². The molecule has 3 saturated carbocycles. The summed E-state index contributed by atoms with van der Waals surface area (Å²) < 4.78 is 53.2. The van der Waals surface area contributed by atoms with Crippen molar-refractivity contribution in [3.63, 3.8) is 0 Å². The number of hydrogen-bond donors (Lipinski definition) is 1. The van der Waals surface area contributed by atoms with Gasteiger partial charge in [0.2, 0.25) is 0 Å². The monoisotopic (exact) mass is 426 g/mol. The largest absolute Gasteiger partial charge is 0.427 e. The van der Waals surface area contributed by atoms with E-state index in [1.807, 2.05) is 0 Å². The van der Waals surface area contributed by atoms with Gasteiger partial charge in [0.15, 0.2) is 11.5 Å². The summed E-state index contributed by atoms with van der Waals surface area (Å²) in [4.78, 5) is 23.8. The van der Waals surface area contributed by atoms with Gasteiger partial charge < -0.3 is 9.84 Å². The first kappa shape index (κ1) is 21.6. The summed E-state index contributed by atoms with van der Waals surface area (Å²) in [5.74, 6) is -2.47. The number of ether oxygens (including phenoxy) is 1. The third-order valence-electron chi connectivity index (χ3n) is 8.46. The predicted molar refractivity (Wildman–Crippen MR) is 103 cm³/mol. The number of allylic oxidation sites excluding steroid dienone is 3. The molecule has 1 N–H and O–H groups in total. The molecule has 0 heterocycles. The Labute approximate surface area is 174 Å². The average Bonchev–Trinajstić information content (AvgIpc) is 3.07. The first-order valence-electron chi connectivity index (χ1n) is 10.8. The molecule has 4 nitrogen and oxygen atoms in total. The molecule has 0 aromatic rings. The molecule has 30 heavy (non-hydrogen) atoms. The van der Waals surface area contributed by atoms with Gasteiger partial charge in [0.25, 0.3) is 6.36 Å². The van der Waals surface area contributed by atoms with Gasteiger partial charge >= 0.3 is 5.97 Å². The Balaban J connectivity index is 1.80. The second-order valence-electron chi connectivity index (χ2n) is 9.96. The fourth-order valence-electron chi connectivity index (χ4n) is 6.77. The fraction of sp³-hybridized carbons (Fsp3) is 0.739. The van der Waals surface area contributed by atoms with Crippen LogP contribution in [-0.4, -0.2) is 41.2 Å². The van der Waals surface area contributed by atoms with E-state index in [0.717, 1.165) is 25.3 Å². The normalized spacial score (nSPS) is 45.8. The van der Waals surface area contributed by atoms with Gasteiger partial charge in [-0.3, -0.25) is 9.59 Å². The van der Waals surface area contributed by atoms with E-state index in [1.54, 1.807) is 0 Å². The first-order valence-corrected chi connectivity index (χ1v) is 10.8. The van der Waals surface area contributed by atoms with Crippen molar-refractivity contribution in [2.24, 2.45) is 22.7 Å². The van der Waals surface area contributed by atoms with Crippen LogP contribution in [0.4, 0.5) is 13.2 Å². The lowest BCUT2D eigenvalue weighted by atomic mass is 9.44. The molecule has 0 aromatic carbocycles. The number of fused-ring (bicyclic) bond motifs is 5. The van der Waals surface area contributed by atoms with Crippen molar-refractivity contribution in [3.8, 4) is 0 Å². The van der Waals surface area contributed by atoms with Gasteiger partial charge in [-0.1, -0.05) is 19.4 Å². The molecule has 0 saturated heterocycles. The number of aliphatic hydroxyl groups excluding tert-OH is 1. The van der Waals surface area contributed by atoms with Crippen LogP contribution in [0.5, 0.6) is 0 Å². The number of aliphatic hydroxyl groups is 1. The van der Waals surface area contributed by atoms with Gasteiger partial charge in [-0.25, -0.2) is 8.78 Å². The van der Waals surface area contributed by atoms with E-state index in [-0.39, 0.29) is 23.3 Å². The van der Waals surface area contributed by atoms with Crippen molar-refractivity contribution in [2.45, 2.75) is 76.5 Å². The quantitative estimate of drug-likeness (QED) is 0.681. The predicted octanol–water partition coefficient (Wildman–Crippen LogP) is 4.32. The fourth-order valence-corrected chi connectivity index (χ4v) is 6.77. The van der Waals surface area contributed by atoms with Crippen LogP contribution in [0, 0.1) is 22.7 Å². The lowest BCUT2D eigenvalue weighted by Crippen LogP contribution is -2.66. The Bertz CT molecular complexity index is 825. The zero-order valence-electron chi connectivity index (χ0n) is 17.4. The zero-order valence-corrected chi connectivity index (χ0v) is 17.4. The number of hydrogen-bond acceptors (Lipinski definition) is 4. The number of carbonyl (C=O) groups excluding carboxylic acids is 2. The lowest BCUT2D eigenvalue weighted by molar-refractivity contribution is -0.201.